The van der Waals surface area contributed by atoms with Crippen LogP contribution in [0.1, 0.15) is 25.0 Å². The molecule has 1 N–H and O–H groups in total. The van der Waals surface area contributed by atoms with Gasteiger partial charge >= 0.3 is 0 Å². The molecule has 0 radical (unpaired) electrons. The van der Waals surface area contributed by atoms with E-state index in [1.165, 1.54) is 16.9 Å². The van der Waals surface area contributed by atoms with Crippen molar-refractivity contribution < 1.29 is 13.5 Å². The van der Waals surface area contributed by atoms with Crippen LogP contribution in [-0.2, 0) is 15.6 Å². The maximum atomic E-state index is 12.9. The van der Waals surface area contributed by atoms with E-state index in [0.29, 0.717) is 30.4 Å². The molecule has 1 aromatic heterocycles. The Morgan fingerprint density at radius 1 is 0.968 bits per heavy atom. The van der Waals surface area contributed by atoms with Gasteiger partial charge in [0.2, 0.25) is 0 Å². The molecule has 0 atom stereocenters. The van der Waals surface area contributed by atoms with Gasteiger partial charge in [0.05, 0.1) is 5.60 Å². The Hall–Kier alpha value is -2.19. The zero-order valence-corrected chi connectivity index (χ0v) is 19.7. The van der Waals surface area contributed by atoms with Crippen molar-refractivity contribution in [3.05, 3.63) is 71.1 Å². The maximum absolute atomic E-state index is 12.9. The second-order valence-electron chi connectivity index (χ2n) is 8.48. The molecular formula is C24H28N2O3S2. The Morgan fingerprint density at radius 3 is 2.32 bits per heavy atom. The van der Waals surface area contributed by atoms with Crippen molar-refractivity contribution in [2.45, 2.75) is 30.6 Å². The molecule has 0 spiro atoms. The molecule has 1 aliphatic heterocycles. The van der Waals surface area contributed by atoms with E-state index in [-0.39, 0.29) is 0 Å². The monoisotopic (exact) mass is 456 g/mol. The summed E-state index contributed by atoms with van der Waals surface area (Å²) in [6.07, 6.45) is 0. The molecule has 0 bridgehead atoms. The summed E-state index contributed by atoms with van der Waals surface area (Å²) in [4.78, 5) is 2.24. The molecule has 0 unspecified atom stereocenters. The number of rotatable bonds is 5. The Bertz CT molecular complexity index is 1160. The maximum Gasteiger partial charge on any atom is 0.252 e. The Labute approximate surface area is 188 Å². The highest BCUT2D eigenvalue weighted by Gasteiger charge is 2.30. The summed E-state index contributed by atoms with van der Waals surface area (Å²) in [5.41, 5.74) is 4.29. The number of thiophene rings is 1. The van der Waals surface area contributed by atoms with Crippen LogP contribution in [0.5, 0.6) is 0 Å². The first-order valence-electron chi connectivity index (χ1n) is 10.4. The predicted octanol–water partition coefficient (Wildman–Crippen LogP) is 4.46. The summed E-state index contributed by atoms with van der Waals surface area (Å²) in [5, 5.41) is 12.3. The molecule has 0 saturated carbocycles. The molecule has 5 nitrogen and oxygen atoms in total. The zero-order chi connectivity index (χ0) is 22.2. The Morgan fingerprint density at radius 2 is 1.71 bits per heavy atom. The lowest BCUT2D eigenvalue weighted by Gasteiger charge is -2.36. The number of sulfonamides is 1. The van der Waals surface area contributed by atoms with E-state index in [9.17, 15) is 13.5 Å². The number of piperazine rings is 1. The second kappa shape index (κ2) is 8.39. The van der Waals surface area contributed by atoms with Crippen molar-refractivity contribution in [2.75, 3.05) is 31.1 Å². The fourth-order valence-electron chi connectivity index (χ4n) is 3.94. The fraction of sp³-hybridized carbons (Fsp3) is 0.333. The van der Waals surface area contributed by atoms with Crippen LogP contribution < -0.4 is 4.90 Å². The zero-order valence-electron chi connectivity index (χ0n) is 18.1. The van der Waals surface area contributed by atoms with Crippen molar-refractivity contribution in [1.29, 1.82) is 0 Å². The first-order valence-corrected chi connectivity index (χ1v) is 12.7. The van der Waals surface area contributed by atoms with Gasteiger partial charge in [-0.2, -0.15) is 4.31 Å². The highest BCUT2D eigenvalue weighted by molar-refractivity contribution is 7.91. The minimum atomic E-state index is -3.43. The van der Waals surface area contributed by atoms with E-state index in [0.717, 1.165) is 22.4 Å². The highest BCUT2D eigenvalue weighted by Crippen LogP contribution is 2.36. The first kappa shape index (κ1) is 22.0. The van der Waals surface area contributed by atoms with E-state index in [2.05, 4.69) is 36.1 Å². The predicted molar refractivity (Wildman–Crippen MR) is 127 cm³/mol. The van der Waals surface area contributed by atoms with Gasteiger partial charge in [0.15, 0.2) is 0 Å². The fourth-order valence-corrected chi connectivity index (χ4v) is 6.51. The highest BCUT2D eigenvalue weighted by atomic mass is 32.2. The van der Waals surface area contributed by atoms with Gasteiger partial charge in [-0.05, 0) is 55.5 Å². The molecule has 3 aromatic rings. The topological polar surface area (TPSA) is 60.9 Å². The van der Waals surface area contributed by atoms with Crippen LogP contribution in [0.2, 0.25) is 0 Å². The number of hydrogen-bond donors (Lipinski definition) is 1. The smallest absolute Gasteiger partial charge is 0.252 e. The van der Waals surface area contributed by atoms with Crippen LogP contribution in [0, 0.1) is 6.92 Å². The Kier molecular flexibility index (Phi) is 5.96. The average molecular weight is 457 g/mol. The molecule has 2 heterocycles. The average Bonchev–Trinajstić information content (AvgIpc) is 3.29. The summed E-state index contributed by atoms with van der Waals surface area (Å²) < 4.78 is 27.7. The number of hydrogen-bond acceptors (Lipinski definition) is 5. The SMILES string of the molecule is Cc1cccc(-c2cc(C(C)(C)O)ccc2N2CCN(S(=O)(=O)c3cccs3)CC2)c1. The number of benzene rings is 2. The molecule has 1 saturated heterocycles. The van der Waals surface area contributed by atoms with E-state index < -0.39 is 15.6 Å². The number of aliphatic hydroxyl groups is 1. The van der Waals surface area contributed by atoms with Crippen molar-refractivity contribution in [1.82, 2.24) is 4.31 Å². The number of anilines is 1. The van der Waals surface area contributed by atoms with Gasteiger partial charge in [0.1, 0.15) is 4.21 Å². The summed E-state index contributed by atoms with van der Waals surface area (Å²) >= 11 is 1.26. The van der Waals surface area contributed by atoms with Crippen LogP contribution >= 0.6 is 11.3 Å². The third-order valence-corrected chi connectivity index (χ3v) is 8.97. The quantitative estimate of drug-likeness (QED) is 0.616. The molecule has 4 rings (SSSR count). The van der Waals surface area contributed by atoms with Crippen LogP contribution in [0.15, 0.2) is 64.2 Å². The van der Waals surface area contributed by atoms with Gasteiger partial charge in [-0.25, -0.2) is 8.42 Å². The second-order valence-corrected chi connectivity index (χ2v) is 11.6. The van der Waals surface area contributed by atoms with E-state index >= 15 is 0 Å². The lowest BCUT2D eigenvalue weighted by molar-refractivity contribution is 0.0786. The van der Waals surface area contributed by atoms with Crippen molar-refractivity contribution in [2.24, 2.45) is 0 Å². The third kappa shape index (κ3) is 4.55. The normalized spacial score (nSPS) is 15.9. The van der Waals surface area contributed by atoms with Crippen molar-refractivity contribution in [3.8, 4) is 11.1 Å². The summed E-state index contributed by atoms with van der Waals surface area (Å²) in [7, 11) is -3.43. The van der Waals surface area contributed by atoms with Crippen LogP contribution in [-0.4, -0.2) is 44.0 Å². The molecule has 164 valence electrons. The minimum absolute atomic E-state index is 0.399. The standard InChI is InChI=1S/C24H28N2O3S2/c1-18-6-4-7-19(16-18)21-17-20(24(2,3)27)9-10-22(21)25-11-13-26(14-12-25)31(28,29)23-8-5-15-30-23/h4-10,15-17,27H,11-14H2,1-3H3. The number of aryl methyl sites for hydroxylation is 1. The molecule has 0 aliphatic carbocycles. The van der Waals surface area contributed by atoms with Gasteiger partial charge in [-0.1, -0.05) is 42.0 Å². The van der Waals surface area contributed by atoms with Gasteiger partial charge < -0.3 is 10.0 Å². The summed E-state index contributed by atoms with van der Waals surface area (Å²) in [5.74, 6) is 0. The minimum Gasteiger partial charge on any atom is -0.386 e. The van der Waals surface area contributed by atoms with Gasteiger partial charge in [-0.3, -0.25) is 0 Å². The van der Waals surface area contributed by atoms with E-state index in [4.69, 9.17) is 0 Å². The molecule has 7 heteroatoms. The van der Waals surface area contributed by atoms with Gasteiger partial charge in [0.25, 0.3) is 10.0 Å². The van der Waals surface area contributed by atoms with Crippen molar-refractivity contribution >= 4 is 27.0 Å². The van der Waals surface area contributed by atoms with Crippen LogP contribution in [0.4, 0.5) is 5.69 Å². The summed E-state index contributed by atoms with van der Waals surface area (Å²) in [6.45, 7) is 7.77. The Balaban J connectivity index is 1.64. The van der Waals surface area contributed by atoms with Crippen molar-refractivity contribution in [3.63, 3.8) is 0 Å². The van der Waals surface area contributed by atoms with Crippen LogP contribution in [0.3, 0.4) is 0 Å². The molecule has 0 amide bonds. The summed E-state index contributed by atoms with van der Waals surface area (Å²) in [6, 6.07) is 17.8. The van der Waals surface area contributed by atoms with E-state index in [1.807, 2.05) is 18.2 Å². The third-order valence-electron chi connectivity index (χ3n) is 5.70. The number of nitrogens with zero attached hydrogens (tertiary/aromatic N) is 2. The lowest BCUT2D eigenvalue weighted by atomic mass is 9.92. The molecule has 1 fully saturated rings. The van der Waals surface area contributed by atoms with E-state index in [1.54, 1.807) is 35.7 Å². The molecule has 31 heavy (non-hydrogen) atoms. The van der Waals surface area contributed by atoms with Gasteiger partial charge in [0, 0.05) is 37.4 Å². The van der Waals surface area contributed by atoms with Gasteiger partial charge in [-0.15, -0.1) is 11.3 Å². The first-order chi connectivity index (χ1) is 14.7. The lowest BCUT2D eigenvalue weighted by Crippen LogP contribution is -2.48. The molecule has 1 aliphatic rings. The van der Waals surface area contributed by atoms with Crippen LogP contribution in [0.25, 0.3) is 11.1 Å². The largest absolute Gasteiger partial charge is 0.386 e. The molecular weight excluding hydrogens is 428 g/mol. The molecule has 2 aromatic carbocycles.